The molecule has 0 bridgehead atoms. The number of para-hydroxylation sites is 1. The highest BCUT2D eigenvalue weighted by Crippen LogP contribution is 2.27. The summed E-state index contributed by atoms with van der Waals surface area (Å²) < 4.78 is 5.28. The first kappa shape index (κ1) is 11.2. The third-order valence-electron chi connectivity index (χ3n) is 2.83. The SMILES string of the molecule is COc1ccccc1/C=C/CNCC1CC1. The molecule has 1 fully saturated rings. The Morgan fingerprint density at radius 2 is 2.19 bits per heavy atom. The van der Waals surface area contributed by atoms with E-state index in [2.05, 4.69) is 23.5 Å². The molecule has 0 radical (unpaired) electrons. The third-order valence-corrected chi connectivity index (χ3v) is 2.83. The van der Waals surface area contributed by atoms with Crippen molar-refractivity contribution in [1.29, 1.82) is 0 Å². The lowest BCUT2D eigenvalue weighted by Crippen LogP contribution is -2.16. The first-order chi connectivity index (χ1) is 7.90. The van der Waals surface area contributed by atoms with Crippen molar-refractivity contribution in [1.82, 2.24) is 5.32 Å². The highest BCUT2D eigenvalue weighted by Gasteiger charge is 2.19. The minimum Gasteiger partial charge on any atom is -0.496 e. The molecular formula is C14H19NO. The molecule has 86 valence electrons. The van der Waals surface area contributed by atoms with Crippen LogP contribution in [0, 0.1) is 5.92 Å². The van der Waals surface area contributed by atoms with Crippen LogP contribution in [0.15, 0.2) is 30.3 Å². The van der Waals surface area contributed by atoms with Gasteiger partial charge >= 0.3 is 0 Å². The van der Waals surface area contributed by atoms with E-state index in [1.54, 1.807) is 7.11 Å². The van der Waals surface area contributed by atoms with E-state index in [-0.39, 0.29) is 0 Å². The van der Waals surface area contributed by atoms with E-state index in [0.29, 0.717) is 0 Å². The Morgan fingerprint density at radius 3 is 2.94 bits per heavy atom. The predicted molar refractivity (Wildman–Crippen MR) is 67.6 cm³/mol. The van der Waals surface area contributed by atoms with Gasteiger partial charge in [0.05, 0.1) is 7.11 Å². The zero-order valence-electron chi connectivity index (χ0n) is 9.78. The van der Waals surface area contributed by atoms with Gasteiger partial charge in [0.25, 0.3) is 0 Å². The smallest absolute Gasteiger partial charge is 0.126 e. The summed E-state index contributed by atoms with van der Waals surface area (Å²) in [5, 5.41) is 3.43. The Bertz CT molecular complexity index is 356. The topological polar surface area (TPSA) is 21.3 Å². The first-order valence-electron chi connectivity index (χ1n) is 5.90. The van der Waals surface area contributed by atoms with Gasteiger partial charge in [-0.25, -0.2) is 0 Å². The maximum absolute atomic E-state index is 5.28. The average molecular weight is 217 g/mol. The summed E-state index contributed by atoms with van der Waals surface area (Å²) in [6.07, 6.45) is 7.07. The van der Waals surface area contributed by atoms with Crippen LogP contribution in [0.2, 0.25) is 0 Å². The van der Waals surface area contributed by atoms with E-state index in [4.69, 9.17) is 4.74 Å². The van der Waals surface area contributed by atoms with Gasteiger partial charge in [0.15, 0.2) is 0 Å². The molecule has 0 aliphatic heterocycles. The summed E-state index contributed by atoms with van der Waals surface area (Å²) >= 11 is 0. The molecule has 1 aromatic rings. The molecule has 1 saturated carbocycles. The lowest BCUT2D eigenvalue weighted by molar-refractivity contribution is 0.414. The average Bonchev–Trinajstić information content (AvgIpc) is 3.13. The molecule has 16 heavy (non-hydrogen) atoms. The van der Waals surface area contributed by atoms with E-state index >= 15 is 0 Å². The van der Waals surface area contributed by atoms with Crippen molar-refractivity contribution in [2.75, 3.05) is 20.2 Å². The fraction of sp³-hybridized carbons (Fsp3) is 0.429. The van der Waals surface area contributed by atoms with Crippen LogP contribution in [0.4, 0.5) is 0 Å². The maximum Gasteiger partial charge on any atom is 0.126 e. The van der Waals surface area contributed by atoms with Crippen molar-refractivity contribution in [2.24, 2.45) is 5.92 Å². The van der Waals surface area contributed by atoms with Gasteiger partial charge in [-0.1, -0.05) is 30.4 Å². The summed E-state index contributed by atoms with van der Waals surface area (Å²) in [5.74, 6) is 1.88. The van der Waals surface area contributed by atoms with Crippen molar-refractivity contribution >= 4 is 6.08 Å². The van der Waals surface area contributed by atoms with Crippen LogP contribution in [0.5, 0.6) is 5.75 Å². The van der Waals surface area contributed by atoms with Gasteiger partial charge in [-0.15, -0.1) is 0 Å². The standard InChI is InChI=1S/C14H19NO/c1-16-14-7-3-2-5-13(14)6-4-10-15-11-12-8-9-12/h2-7,12,15H,8-11H2,1H3/b6-4+. The van der Waals surface area contributed by atoms with E-state index in [1.165, 1.54) is 12.8 Å². The van der Waals surface area contributed by atoms with Gasteiger partial charge in [0.1, 0.15) is 5.75 Å². The number of hydrogen-bond acceptors (Lipinski definition) is 2. The number of methoxy groups -OCH3 is 1. The maximum atomic E-state index is 5.28. The summed E-state index contributed by atoms with van der Waals surface area (Å²) in [7, 11) is 1.71. The van der Waals surface area contributed by atoms with Gasteiger partial charge in [0.2, 0.25) is 0 Å². The molecule has 1 aliphatic rings. The molecule has 1 N–H and O–H groups in total. The Morgan fingerprint density at radius 1 is 1.38 bits per heavy atom. The highest BCUT2D eigenvalue weighted by molar-refractivity contribution is 5.57. The summed E-state index contributed by atoms with van der Waals surface area (Å²) in [5.41, 5.74) is 1.14. The molecule has 0 saturated heterocycles. The molecular weight excluding hydrogens is 198 g/mol. The number of benzene rings is 1. The monoisotopic (exact) mass is 217 g/mol. The molecule has 0 heterocycles. The van der Waals surface area contributed by atoms with E-state index in [0.717, 1.165) is 30.3 Å². The first-order valence-corrected chi connectivity index (χ1v) is 5.90. The summed E-state index contributed by atoms with van der Waals surface area (Å²) in [6, 6.07) is 8.06. The summed E-state index contributed by atoms with van der Waals surface area (Å²) in [4.78, 5) is 0. The van der Waals surface area contributed by atoms with E-state index in [1.807, 2.05) is 18.2 Å². The van der Waals surface area contributed by atoms with Gasteiger partial charge in [0, 0.05) is 12.1 Å². The second kappa shape index (κ2) is 5.71. The Hall–Kier alpha value is -1.28. The fourth-order valence-corrected chi connectivity index (χ4v) is 1.68. The normalized spacial score (nSPS) is 15.6. The van der Waals surface area contributed by atoms with Crippen molar-refractivity contribution in [2.45, 2.75) is 12.8 Å². The molecule has 0 atom stereocenters. The minimum absolute atomic E-state index is 0.931. The predicted octanol–water partition coefficient (Wildman–Crippen LogP) is 2.71. The molecule has 2 rings (SSSR count). The Balaban J connectivity index is 1.79. The zero-order valence-corrected chi connectivity index (χ0v) is 9.78. The Kier molecular flexibility index (Phi) is 4.00. The van der Waals surface area contributed by atoms with Gasteiger partial charge in [-0.05, 0) is 31.4 Å². The van der Waals surface area contributed by atoms with Crippen LogP contribution in [-0.4, -0.2) is 20.2 Å². The zero-order chi connectivity index (χ0) is 11.2. The molecule has 1 aliphatic carbocycles. The second-order valence-corrected chi connectivity index (χ2v) is 4.25. The Labute approximate surface area is 97.3 Å². The molecule has 1 aromatic carbocycles. The number of ether oxygens (including phenoxy) is 1. The van der Waals surface area contributed by atoms with Crippen LogP contribution >= 0.6 is 0 Å². The number of rotatable bonds is 6. The molecule has 2 heteroatoms. The lowest BCUT2D eigenvalue weighted by Gasteiger charge is -2.03. The van der Waals surface area contributed by atoms with Crippen molar-refractivity contribution < 1.29 is 4.74 Å². The van der Waals surface area contributed by atoms with Crippen LogP contribution in [0.25, 0.3) is 6.08 Å². The van der Waals surface area contributed by atoms with Gasteiger partial charge in [-0.3, -0.25) is 0 Å². The molecule has 0 unspecified atom stereocenters. The van der Waals surface area contributed by atoms with Crippen molar-refractivity contribution in [3.8, 4) is 5.75 Å². The molecule has 0 amide bonds. The van der Waals surface area contributed by atoms with Crippen molar-refractivity contribution in [3.05, 3.63) is 35.9 Å². The van der Waals surface area contributed by atoms with Crippen LogP contribution < -0.4 is 10.1 Å². The third kappa shape index (κ3) is 3.38. The lowest BCUT2D eigenvalue weighted by atomic mass is 10.2. The molecule has 0 aromatic heterocycles. The number of hydrogen-bond donors (Lipinski definition) is 1. The quantitative estimate of drug-likeness (QED) is 0.740. The van der Waals surface area contributed by atoms with Gasteiger partial charge < -0.3 is 10.1 Å². The highest BCUT2D eigenvalue weighted by atomic mass is 16.5. The molecule has 0 spiro atoms. The second-order valence-electron chi connectivity index (χ2n) is 4.25. The molecule has 2 nitrogen and oxygen atoms in total. The van der Waals surface area contributed by atoms with E-state index in [9.17, 15) is 0 Å². The van der Waals surface area contributed by atoms with Crippen LogP contribution in [-0.2, 0) is 0 Å². The van der Waals surface area contributed by atoms with Crippen LogP contribution in [0.3, 0.4) is 0 Å². The van der Waals surface area contributed by atoms with Crippen LogP contribution in [0.1, 0.15) is 18.4 Å². The van der Waals surface area contributed by atoms with Gasteiger partial charge in [-0.2, -0.15) is 0 Å². The summed E-state index contributed by atoms with van der Waals surface area (Å²) in [6.45, 7) is 2.10. The minimum atomic E-state index is 0.931. The largest absolute Gasteiger partial charge is 0.496 e. The fourth-order valence-electron chi connectivity index (χ4n) is 1.68. The van der Waals surface area contributed by atoms with Crippen molar-refractivity contribution in [3.63, 3.8) is 0 Å². The van der Waals surface area contributed by atoms with E-state index < -0.39 is 0 Å². The number of nitrogens with one attached hydrogen (secondary N) is 1.